The van der Waals surface area contributed by atoms with Gasteiger partial charge in [0.15, 0.2) is 0 Å². The number of benzene rings is 2. The first kappa shape index (κ1) is 10.2. The Morgan fingerprint density at radius 1 is 1.06 bits per heavy atom. The third-order valence-electron chi connectivity index (χ3n) is 2.95. The van der Waals surface area contributed by atoms with Gasteiger partial charge in [-0.1, -0.05) is 18.2 Å². The smallest absolute Gasteiger partial charge is 0.133 e. The lowest BCUT2D eigenvalue weighted by atomic mass is 9.97. The monoisotopic (exact) mass is 228 g/mol. The molecule has 0 aromatic heterocycles. The Morgan fingerprint density at radius 3 is 2.65 bits per heavy atom. The molecule has 0 bridgehead atoms. The molecule has 0 radical (unpaired) electrons. The summed E-state index contributed by atoms with van der Waals surface area (Å²) in [5, 5.41) is 10.3. The molecule has 2 aromatic carbocycles. The number of para-hydroxylation sites is 1. The molecule has 3 nitrogen and oxygen atoms in total. The van der Waals surface area contributed by atoms with Crippen molar-refractivity contribution < 1.29 is 14.6 Å². The van der Waals surface area contributed by atoms with Gasteiger partial charge in [-0.3, -0.25) is 0 Å². The third-order valence-corrected chi connectivity index (χ3v) is 2.95. The molecule has 1 aliphatic heterocycles. The number of aliphatic hydroxyl groups is 1. The zero-order chi connectivity index (χ0) is 11.8. The first-order valence-electron chi connectivity index (χ1n) is 5.42. The second-order valence-electron chi connectivity index (χ2n) is 3.95. The lowest BCUT2D eigenvalue weighted by Crippen LogP contribution is -2.09. The molecule has 86 valence electrons. The summed E-state index contributed by atoms with van der Waals surface area (Å²) >= 11 is 0. The van der Waals surface area contributed by atoms with Crippen LogP contribution in [0, 0.1) is 0 Å². The Bertz CT molecular complexity index is 563. The Labute approximate surface area is 99.2 Å². The molecular weight excluding hydrogens is 216 g/mol. The fourth-order valence-corrected chi connectivity index (χ4v) is 2.05. The molecule has 0 amide bonds. The van der Waals surface area contributed by atoms with Crippen molar-refractivity contribution >= 4 is 0 Å². The van der Waals surface area contributed by atoms with Gasteiger partial charge in [0, 0.05) is 11.1 Å². The average molecular weight is 228 g/mol. The second-order valence-corrected chi connectivity index (χ2v) is 3.95. The highest BCUT2D eigenvalue weighted by atomic mass is 16.5. The fraction of sp³-hybridized carbons (Fsp3) is 0.143. The first-order valence-corrected chi connectivity index (χ1v) is 5.42. The van der Waals surface area contributed by atoms with E-state index in [2.05, 4.69) is 0 Å². The number of rotatable bonds is 1. The van der Waals surface area contributed by atoms with Gasteiger partial charge in [0.05, 0.1) is 7.11 Å². The standard InChI is InChI=1S/C14H12O3/c1-16-9-6-7-13-11(8-9)14(15)10-4-2-3-5-12(10)17-13/h2-8,14-15H,1H3. The molecule has 17 heavy (non-hydrogen) atoms. The van der Waals surface area contributed by atoms with Crippen LogP contribution < -0.4 is 9.47 Å². The van der Waals surface area contributed by atoms with Gasteiger partial charge in [-0.15, -0.1) is 0 Å². The Hall–Kier alpha value is -2.00. The maximum absolute atomic E-state index is 10.3. The van der Waals surface area contributed by atoms with Crippen LogP contribution in [0.3, 0.4) is 0 Å². The fourth-order valence-electron chi connectivity index (χ4n) is 2.05. The van der Waals surface area contributed by atoms with Gasteiger partial charge >= 0.3 is 0 Å². The summed E-state index contributed by atoms with van der Waals surface area (Å²) in [7, 11) is 1.60. The molecule has 2 aromatic rings. The molecule has 1 N–H and O–H groups in total. The van der Waals surface area contributed by atoms with Crippen LogP contribution in [-0.2, 0) is 0 Å². The van der Waals surface area contributed by atoms with E-state index in [0.29, 0.717) is 17.2 Å². The number of fused-ring (bicyclic) bond motifs is 2. The van der Waals surface area contributed by atoms with E-state index in [4.69, 9.17) is 9.47 Å². The third kappa shape index (κ3) is 1.56. The highest BCUT2D eigenvalue weighted by Crippen LogP contribution is 2.43. The van der Waals surface area contributed by atoms with Crippen molar-refractivity contribution in [2.24, 2.45) is 0 Å². The molecule has 3 heteroatoms. The Morgan fingerprint density at radius 2 is 1.82 bits per heavy atom. The van der Waals surface area contributed by atoms with Crippen LogP contribution >= 0.6 is 0 Å². The SMILES string of the molecule is COc1ccc2c(c1)C(O)c1ccccc1O2. The number of hydrogen-bond acceptors (Lipinski definition) is 3. The topological polar surface area (TPSA) is 38.7 Å². The van der Waals surface area contributed by atoms with Crippen LogP contribution in [-0.4, -0.2) is 12.2 Å². The van der Waals surface area contributed by atoms with Crippen LogP contribution in [0.5, 0.6) is 17.2 Å². The molecule has 1 unspecified atom stereocenters. The molecule has 3 rings (SSSR count). The molecule has 0 saturated carbocycles. The minimum absolute atomic E-state index is 0.662. The molecule has 1 aliphatic rings. The Balaban J connectivity index is 2.13. The summed E-state index contributed by atoms with van der Waals surface area (Å²) in [4.78, 5) is 0. The normalized spacial score (nSPS) is 16.7. The molecular formula is C14H12O3. The second kappa shape index (κ2) is 3.79. The zero-order valence-electron chi connectivity index (χ0n) is 9.38. The molecule has 1 atom stereocenters. The maximum Gasteiger partial charge on any atom is 0.133 e. The first-order chi connectivity index (χ1) is 8.29. The van der Waals surface area contributed by atoms with E-state index >= 15 is 0 Å². The van der Waals surface area contributed by atoms with Crippen molar-refractivity contribution in [2.45, 2.75) is 6.10 Å². The minimum Gasteiger partial charge on any atom is -0.497 e. The molecule has 0 spiro atoms. The summed E-state index contributed by atoms with van der Waals surface area (Å²) in [6, 6.07) is 12.9. The molecule has 0 fully saturated rings. The van der Waals surface area contributed by atoms with Gasteiger partial charge in [-0.25, -0.2) is 0 Å². The van der Waals surface area contributed by atoms with Crippen LogP contribution in [0.15, 0.2) is 42.5 Å². The van der Waals surface area contributed by atoms with Gasteiger partial charge in [-0.05, 0) is 24.3 Å². The highest BCUT2D eigenvalue weighted by Gasteiger charge is 2.25. The Kier molecular flexibility index (Phi) is 2.27. The minimum atomic E-state index is -0.662. The van der Waals surface area contributed by atoms with Gasteiger partial charge < -0.3 is 14.6 Å². The van der Waals surface area contributed by atoms with Gasteiger partial charge in [0.2, 0.25) is 0 Å². The van der Waals surface area contributed by atoms with Gasteiger partial charge in [-0.2, -0.15) is 0 Å². The van der Waals surface area contributed by atoms with E-state index < -0.39 is 6.10 Å². The van der Waals surface area contributed by atoms with Crippen LogP contribution in [0.2, 0.25) is 0 Å². The molecule has 0 aliphatic carbocycles. The van der Waals surface area contributed by atoms with Crippen molar-refractivity contribution in [2.75, 3.05) is 7.11 Å². The van der Waals surface area contributed by atoms with Crippen molar-refractivity contribution in [3.05, 3.63) is 53.6 Å². The molecule has 0 saturated heterocycles. The van der Waals surface area contributed by atoms with Crippen LogP contribution in [0.1, 0.15) is 17.2 Å². The van der Waals surface area contributed by atoms with Crippen molar-refractivity contribution in [3.63, 3.8) is 0 Å². The highest BCUT2D eigenvalue weighted by molar-refractivity contribution is 5.53. The lowest BCUT2D eigenvalue weighted by Gasteiger charge is -2.24. The quantitative estimate of drug-likeness (QED) is 0.815. The number of methoxy groups -OCH3 is 1. The summed E-state index contributed by atoms with van der Waals surface area (Å²) in [6.45, 7) is 0. The summed E-state index contributed by atoms with van der Waals surface area (Å²) in [5.74, 6) is 2.10. The van der Waals surface area contributed by atoms with Crippen molar-refractivity contribution in [1.29, 1.82) is 0 Å². The zero-order valence-corrected chi connectivity index (χ0v) is 9.38. The van der Waals surface area contributed by atoms with Gasteiger partial charge in [0.1, 0.15) is 23.4 Å². The van der Waals surface area contributed by atoms with Crippen molar-refractivity contribution in [1.82, 2.24) is 0 Å². The van der Waals surface area contributed by atoms with E-state index in [1.807, 2.05) is 36.4 Å². The number of aliphatic hydroxyl groups excluding tert-OH is 1. The maximum atomic E-state index is 10.3. The van der Waals surface area contributed by atoms with Crippen molar-refractivity contribution in [3.8, 4) is 17.2 Å². The summed E-state index contributed by atoms with van der Waals surface area (Å²) < 4.78 is 10.9. The molecule has 1 heterocycles. The number of ether oxygens (including phenoxy) is 2. The van der Waals surface area contributed by atoms with E-state index in [9.17, 15) is 5.11 Å². The lowest BCUT2D eigenvalue weighted by molar-refractivity contribution is 0.202. The van der Waals surface area contributed by atoms with E-state index in [-0.39, 0.29) is 0 Å². The van der Waals surface area contributed by atoms with Crippen LogP contribution in [0.25, 0.3) is 0 Å². The van der Waals surface area contributed by atoms with E-state index in [1.165, 1.54) is 0 Å². The van der Waals surface area contributed by atoms with E-state index in [0.717, 1.165) is 11.1 Å². The number of hydrogen-bond donors (Lipinski definition) is 1. The van der Waals surface area contributed by atoms with E-state index in [1.54, 1.807) is 13.2 Å². The predicted molar refractivity (Wildman–Crippen MR) is 63.6 cm³/mol. The average Bonchev–Trinajstić information content (AvgIpc) is 2.39. The van der Waals surface area contributed by atoms with Crippen LogP contribution in [0.4, 0.5) is 0 Å². The largest absolute Gasteiger partial charge is 0.497 e. The van der Waals surface area contributed by atoms with Gasteiger partial charge in [0.25, 0.3) is 0 Å². The summed E-state index contributed by atoms with van der Waals surface area (Å²) in [5.41, 5.74) is 1.52. The predicted octanol–water partition coefficient (Wildman–Crippen LogP) is 2.88. The summed E-state index contributed by atoms with van der Waals surface area (Å²) in [6.07, 6.45) is -0.662.